The van der Waals surface area contributed by atoms with Crippen molar-refractivity contribution in [3.63, 3.8) is 0 Å². The predicted molar refractivity (Wildman–Crippen MR) is 81.6 cm³/mol. The molecular weight excluding hydrogens is 304 g/mol. The Hall–Kier alpha value is -1.55. The van der Waals surface area contributed by atoms with E-state index in [9.17, 15) is 0 Å². The Kier molecular flexibility index (Phi) is 4.80. The van der Waals surface area contributed by atoms with E-state index in [0.29, 0.717) is 6.61 Å². The summed E-state index contributed by atoms with van der Waals surface area (Å²) in [6.45, 7) is 5.41. The van der Waals surface area contributed by atoms with Crippen LogP contribution in [0.4, 0.5) is 5.82 Å². The fourth-order valence-electron chi connectivity index (χ4n) is 1.76. The number of benzene rings is 1. The first-order chi connectivity index (χ1) is 9.19. The number of hydrogen-bond acceptors (Lipinski definition) is 3. The minimum absolute atomic E-state index is 0.682. The Morgan fingerprint density at radius 3 is 2.89 bits per heavy atom. The van der Waals surface area contributed by atoms with E-state index >= 15 is 0 Å². The highest BCUT2D eigenvalue weighted by Gasteiger charge is 2.02. The van der Waals surface area contributed by atoms with Gasteiger partial charge in [-0.2, -0.15) is 0 Å². The highest BCUT2D eigenvalue weighted by Crippen LogP contribution is 2.21. The predicted octanol–water partition coefficient (Wildman–Crippen LogP) is 4.16. The van der Waals surface area contributed by atoms with Crippen molar-refractivity contribution >= 4 is 21.7 Å². The van der Waals surface area contributed by atoms with Crippen LogP contribution in [0.2, 0.25) is 0 Å². The zero-order valence-corrected chi connectivity index (χ0v) is 12.7. The molecule has 2 aromatic rings. The molecule has 100 valence electrons. The van der Waals surface area contributed by atoms with E-state index < -0.39 is 0 Å². The van der Waals surface area contributed by atoms with E-state index in [1.54, 1.807) is 0 Å². The molecule has 1 aromatic carbocycles. The number of hydrogen-bond donors (Lipinski definition) is 1. The second-order valence-corrected chi connectivity index (χ2v) is 5.13. The molecule has 1 N–H and O–H groups in total. The van der Waals surface area contributed by atoms with Gasteiger partial charge < -0.3 is 10.1 Å². The molecule has 0 bridgehead atoms. The molecule has 0 spiro atoms. The van der Waals surface area contributed by atoms with Crippen LogP contribution in [0.3, 0.4) is 0 Å². The molecule has 0 aliphatic rings. The third-order valence-corrected chi connectivity index (χ3v) is 3.25. The zero-order valence-electron chi connectivity index (χ0n) is 11.1. The van der Waals surface area contributed by atoms with Gasteiger partial charge in [0.05, 0.1) is 11.1 Å². The summed E-state index contributed by atoms with van der Waals surface area (Å²) in [6.07, 6.45) is 1.85. The van der Waals surface area contributed by atoms with Gasteiger partial charge in [-0.1, -0.05) is 12.1 Å². The monoisotopic (exact) mass is 320 g/mol. The second kappa shape index (κ2) is 6.57. The van der Waals surface area contributed by atoms with Crippen molar-refractivity contribution in [3.05, 3.63) is 52.1 Å². The number of aromatic nitrogens is 1. The lowest BCUT2D eigenvalue weighted by molar-refractivity contribution is 0.340. The van der Waals surface area contributed by atoms with Gasteiger partial charge in [-0.25, -0.2) is 4.98 Å². The first kappa shape index (κ1) is 13.9. The maximum Gasteiger partial charge on any atom is 0.140 e. The molecule has 0 atom stereocenters. The van der Waals surface area contributed by atoms with Crippen molar-refractivity contribution in [1.82, 2.24) is 4.98 Å². The van der Waals surface area contributed by atoms with Crippen LogP contribution in [-0.2, 0) is 6.54 Å². The SMILES string of the molecule is CCOc1cccc(CNc2ncc(C)cc2Br)c1. The van der Waals surface area contributed by atoms with E-state index in [1.165, 1.54) is 5.56 Å². The van der Waals surface area contributed by atoms with Crippen molar-refractivity contribution in [1.29, 1.82) is 0 Å². The van der Waals surface area contributed by atoms with Crippen molar-refractivity contribution in [3.8, 4) is 5.75 Å². The summed E-state index contributed by atoms with van der Waals surface area (Å²) in [5, 5.41) is 3.31. The quantitative estimate of drug-likeness (QED) is 0.898. The Morgan fingerprint density at radius 2 is 2.16 bits per heavy atom. The van der Waals surface area contributed by atoms with Gasteiger partial charge in [-0.05, 0) is 59.1 Å². The maximum atomic E-state index is 5.49. The van der Waals surface area contributed by atoms with Crippen LogP contribution in [0.1, 0.15) is 18.1 Å². The molecule has 3 nitrogen and oxygen atoms in total. The lowest BCUT2D eigenvalue weighted by Gasteiger charge is -2.09. The zero-order chi connectivity index (χ0) is 13.7. The average Bonchev–Trinajstić information content (AvgIpc) is 2.38. The molecular formula is C15H17BrN2O. The number of halogens is 1. The molecule has 0 radical (unpaired) electrons. The number of aryl methyl sites for hydroxylation is 1. The lowest BCUT2D eigenvalue weighted by Crippen LogP contribution is -2.02. The topological polar surface area (TPSA) is 34.1 Å². The average molecular weight is 321 g/mol. The summed E-state index contributed by atoms with van der Waals surface area (Å²) in [4.78, 5) is 4.36. The van der Waals surface area contributed by atoms with Crippen molar-refractivity contribution in [2.45, 2.75) is 20.4 Å². The van der Waals surface area contributed by atoms with E-state index in [-0.39, 0.29) is 0 Å². The molecule has 1 aromatic heterocycles. The van der Waals surface area contributed by atoms with Crippen LogP contribution >= 0.6 is 15.9 Å². The Balaban J connectivity index is 2.03. The van der Waals surface area contributed by atoms with Crippen LogP contribution in [0, 0.1) is 6.92 Å². The van der Waals surface area contributed by atoms with Crippen molar-refractivity contribution in [2.24, 2.45) is 0 Å². The first-order valence-electron chi connectivity index (χ1n) is 6.27. The Bertz CT molecular complexity index is 558. The largest absolute Gasteiger partial charge is 0.494 e. The normalized spacial score (nSPS) is 10.3. The van der Waals surface area contributed by atoms with E-state index in [0.717, 1.165) is 28.1 Å². The fraction of sp³-hybridized carbons (Fsp3) is 0.267. The molecule has 2 rings (SSSR count). The number of nitrogens with one attached hydrogen (secondary N) is 1. The Morgan fingerprint density at radius 1 is 1.32 bits per heavy atom. The molecule has 0 saturated heterocycles. The summed E-state index contributed by atoms with van der Waals surface area (Å²) >= 11 is 3.51. The number of rotatable bonds is 5. The summed E-state index contributed by atoms with van der Waals surface area (Å²) in [6, 6.07) is 10.1. The smallest absolute Gasteiger partial charge is 0.140 e. The van der Waals surface area contributed by atoms with Gasteiger partial charge in [0.1, 0.15) is 11.6 Å². The minimum Gasteiger partial charge on any atom is -0.494 e. The fourth-order valence-corrected chi connectivity index (χ4v) is 2.36. The number of pyridine rings is 1. The maximum absolute atomic E-state index is 5.49. The molecule has 1 heterocycles. The summed E-state index contributed by atoms with van der Waals surface area (Å²) in [7, 11) is 0. The van der Waals surface area contributed by atoms with E-state index in [2.05, 4.69) is 32.3 Å². The Labute approximate surface area is 122 Å². The summed E-state index contributed by atoms with van der Waals surface area (Å²) in [5.74, 6) is 1.75. The summed E-state index contributed by atoms with van der Waals surface area (Å²) < 4.78 is 6.47. The van der Waals surface area contributed by atoms with Gasteiger partial charge in [-0.15, -0.1) is 0 Å². The molecule has 0 unspecified atom stereocenters. The minimum atomic E-state index is 0.682. The van der Waals surface area contributed by atoms with Gasteiger partial charge in [-0.3, -0.25) is 0 Å². The molecule has 0 aliphatic heterocycles. The second-order valence-electron chi connectivity index (χ2n) is 4.28. The molecule has 0 saturated carbocycles. The van der Waals surface area contributed by atoms with Crippen LogP contribution in [0.25, 0.3) is 0 Å². The van der Waals surface area contributed by atoms with E-state index in [1.807, 2.05) is 44.3 Å². The molecule has 0 fully saturated rings. The first-order valence-corrected chi connectivity index (χ1v) is 7.06. The number of anilines is 1. The van der Waals surface area contributed by atoms with Gasteiger partial charge >= 0.3 is 0 Å². The van der Waals surface area contributed by atoms with Crippen molar-refractivity contribution < 1.29 is 4.74 Å². The number of ether oxygens (including phenoxy) is 1. The van der Waals surface area contributed by atoms with Gasteiger partial charge in [0, 0.05) is 12.7 Å². The molecule has 0 aliphatic carbocycles. The summed E-state index contributed by atoms with van der Waals surface area (Å²) in [5.41, 5.74) is 2.30. The highest BCUT2D eigenvalue weighted by atomic mass is 79.9. The molecule has 0 amide bonds. The standard InChI is InChI=1S/C15H17BrN2O/c1-3-19-13-6-4-5-12(8-13)10-18-15-14(16)7-11(2)9-17-15/h4-9H,3,10H2,1-2H3,(H,17,18). The number of nitrogens with zero attached hydrogens (tertiary/aromatic N) is 1. The third-order valence-electron chi connectivity index (χ3n) is 2.65. The molecule has 4 heteroatoms. The van der Waals surface area contributed by atoms with E-state index in [4.69, 9.17) is 4.74 Å². The molecule has 19 heavy (non-hydrogen) atoms. The third kappa shape index (κ3) is 3.96. The van der Waals surface area contributed by atoms with Crippen LogP contribution in [0.5, 0.6) is 5.75 Å². The van der Waals surface area contributed by atoms with Gasteiger partial charge in [0.2, 0.25) is 0 Å². The van der Waals surface area contributed by atoms with Gasteiger partial charge in [0.25, 0.3) is 0 Å². The lowest BCUT2D eigenvalue weighted by atomic mass is 10.2. The van der Waals surface area contributed by atoms with Crippen LogP contribution in [0.15, 0.2) is 41.0 Å². The van der Waals surface area contributed by atoms with Crippen LogP contribution < -0.4 is 10.1 Å². The van der Waals surface area contributed by atoms with Crippen LogP contribution in [-0.4, -0.2) is 11.6 Å². The van der Waals surface area contributed by atoms with Crippen molar-refractivity contribution in [2.75, 3.05) is 11.9 Å². The highest BCUT2D eigenvalue weighted by molar-refractivity contribution is 9.10. The van der Waals surface area contributed by atoms with Gasteiger partial charge in [0.15, 0.2) is 0 Å².